The third kappa shape index (κ3) is 3.91. The number of rotatable bonds is 4. The Bertz CT molecular complexity index is 239. The van der Waals surface area contributed by atoms with Gasteiger partial charge in [-0.1, -0.05) is 66.1 Å². The summed E-state index contributed by atoms with van der Waals surface area (Å²) in [5.74, 6) is 0. The van der Waals surface area contributed by atoms with Gasteiger partial charge in [0.2, 0.25) is 0 Å². The van der Waals surface area contributed by atoms with Crippen molar-refractivity contribution in [3.8, 4) is 0 Å². The minimum Gasteiger partial charge on any atom is -0.0846 e. The summed E-state index contributed by atoms with van der Waals surface area (Å²) in [7, 11) is 0.938. The molecule has 0 saturated heterocycles. The molecule has 0 bridgehead atoms. The second-order valence-electron chi connectivity index (χ2n) is 4.12. The lowest BCUT2D eigenvalue weighted by atomic mass is 10.1. The van der Waals surface area contributed by atoms with Gasteiger partial charge in [0.1, 0.15) is 0 Å². The van der Waals surface area contributed by atoms with E-state index in [4.69, 9.17) is 0 Å². The van der Waals surface area contributed by atoms with Gasteiger partial charge < -0.3 is 0 Å². The van der Waals surface area contributed by atoms with Crippen LogP contribution in [-0.4, -0.2) is 5.16 Å². The zero-order chi connectivity index (χ0) is 9.73. The van der Waals surface area contributed by atoms with Crippen LogP contribution < -0.4 is 5.30 Å². The summed E-state index contributed by atoms with van der Waals surface area (Å²) in [6.45, 7) is 6.99. The topological polar surface area (TPSA) is 0 Å². The van der Waals surface area contributed by atoms with Crippen LogP contribution in [0.5, 0.6) is 0 Å². The predicted molar refractivity (Wildman–Crippen MR) is 63.4 cm³/mol. The minimum absolute atomic E-state index is 0.482. The highest BCUT2D eigenvalue weighted by Crippen LogP contribution is 2.34. The maximum atomic E-state index is 2.36. The van der Waals surface area contributed by atoms with Gasteiger partial charge >= 0.3 is 0 Å². The molecule has 1 atom stereocenters. The molecule has 0 nitrogen and oxygen atoms in total. The van der Waals surface area contributed by atoms with Crippen LogP contribution in [0.4, 0.5) is 0 Å². The van der Waals surface area contributed by atoms with E-state index in [1.807, 2.05) is 0 Å². The standard InChI is InChI=1S/C12H19P/c1-4-10-12(2,3)13-11-8-6-5-7-9-11/h5-9,13H,4,10H2,1-3H3. The smallest absolute Gasteiger partial charge is 0.0138 e. The number of benzene rings is 1. The molecule has 0 N–H and O–H groups in total. The quantitative estimate of drug-likeness (QED) is 0.643. The molecule has 1 aromatic carbocycles. The summed E-state index contributed by atoms with van der Waals surface area (Å²) < 4.78 is 0. The van der Waals surface area contributed by atoms with Gasteiger partial charge in [0.05, 0.1) is 0 Å². The van der Waals surface area contributed by atoms with Crippen molar-refractivity contribution in [2.75, 3.05) is 0 Å². The first-order chi connectivity index (χ1) is 6.14. The van der Waals surface area contributed by atoms with Crippen molar-refractivity contribution < 1.29 is 0 Å². The van der Waals surface area contributed by atoms with Crippen LogP contribution >= 0.6 is 8.58 Å². The Hall–Kier alpha value is -0.350. The van der Waals surface area contributed by atoms with Gasteiger partial charge in [0.25, 0.3) is 0 Å². The summed E-state index contributed by atoms with van der Waals surface area (Å²) >= 11 is 0. The molecule has 13 heavy (non-hydrogen) atoms. The first-order valence-corrected chi connectivity index (χ1v) is 5.97. The number of hydrogen-bond acceptors (Lipinski definition) is 0. The monoisotopic (exact) mass is 194 g/mol. The highest BCUT2D eigenvalue weighted by atomic mass is 31.1. The zero-order valence-electron chi connectivity index (χ0n) is 8.80. The molecular formula is C12H19P. The fourth-order valence-electron chi connectivity index (χ4n) is 1.60. The van der Waals surface area contributed by atoms with Crippen molar-refractivity contribution in [2.45, 2.75) is 38.8 Å². The maximum Gasteiger partial charge on any atom is -0.0138 e. The third-order valence-electron chi connectivity index (χ3n) is 2.13. The van der Waals surface area contributed by atoms with E-state index in [1.165, 1.54) is 18.1 Å². The molecule has 0 aliphatic carbocycles. The predicted octanol–water partition coefficient (Wildman–Crippen LogP) is 3.57. The third-order valence-corrected chi connectivity index (χ3v) is 3.68. The van der Waals surface area contributed by atoms with Crippen LogP contribution in [-0.2, 0) is 0 Å². The molecular weight excluding hydrogens is 175 g/mol. The van der Waals surface area contributed by atoms with Gasteiger partial charge in [-0.2, -0.15) is 0 Å². The van der Waals surface area contributed by atoms with Crippen molar-refractivity contribution in [3.63, 3.8) is 0 Å². The van der Waals surface area contributed by atoms with Crippen molar-refractivity contribution in [1.29, 1.82) is 0 Å². The van der Waals surface area contributed by atoms with E-state index in [-0.39, 0.29) is 0 Å². The van der Waals surface area contributed by atoms with E-state index in [0.717, 1.165) is 8.58 Å². The van der Waals surface area contributed by atoms with E-state index in [9.17, 15) is 0 Å². The molecule has 1 unspecified atom stereocenters. The van der Waals surface area contributed by atoms with Crippen LogP contribution in [0.15, 0.2) is 30.3 Å². The fraction of sp³-hybridized carbons (Fsp3) is 0.500. The van der Waals surface area contributed by atoms with Gasteiger partial charge in [0.15, 0.2) is 0 Å². The average Bonchev–Trinajstić information content (AvgIpc) is 2.04. The Balaban J connectivity index is 2.58. The number of hydrogen-bond donors (Lipinski definition) is 0. The molecule has 0 aliphatic rings. The summed E-state index contributed by atoms with van der Waals surface area (Å²) in [6, 6.07) is 10.8. The van der Waals surface area contributed by atoms with Gasteiger partial charge in [-0.05, 0) is 16.9 Å². The van der Waals surface area contributed by atoms with Gasteiger partial charge in [-0.25, -0.2) is 0 Å². The van der Waals surface area contributed by atoms with E-state index in [0.29, 0.717) is 5.16 Å². The maximum absolute atomic E-state index is 2.36. The lowest BCUT2D eigenvalue weighted by molar-refractivity contribution is 0.623. The van der Waals surface area contributed by atoms with Crippen molar-refractivity contribution in [3.05, 3.63) is 30.3 Å². The van der Waals surface area contributed by atoms with Crippen molar-refractivity contribution >= 4 is 13.9 Å². The molecule has 0 spiro atoms. The van der Waals surface area contributed by atoms with Gasteiger partial charge in [0, 0.05) is 0 Å². The molecule has 1 aromatic rings. The molecule has 0 fully saturated rings. The van der Waals surface area contributed by atoms with E-state index in [1.54, 1.807) is 0 Å². The van der Waals surface area contributed by atoms with Gasteiger partial charge in [-0.15, -0.1) is 0 Å². The minimum atomic E-state index is 0.482. The summed E-state index contributed by atoms with van der Waals surface area (Å²) in [6.07, 6.45) is 2.60. The molecule has 72 valence electrons. The molecule has 0 heterocycles. The zero-order valence-corrected chi connectivity index (χ0v) is 9.80. The molecule has 1 rings (SSSR count). The van der Waals surface area contributed by atoms with Gasteiger partial charge in [-0.3, -0.25) is 0 Å². The Kier molecular flexibility index (Phi) is 3.93. The second kappa shape index (κ2) is 4.77. The largest absolute Gasteiger partial charge is 0.0846 e. The fourth-order valence-corrected chi connectivity index (χ4v) is 3.12. The van der Waals surface area contributed by atoms with Crippen LogP contribution in [0.25, 0.3) is 0 Å². The average molecular weight is 194 g/mol. The molecule has 0 radical (unpaired) electrons. The summed E-state index contributed by atoms with van der Waals surface area (Å²) in [5.41, 5.74) is 0. The van der Waals surface area contributed by atoms with Crippen LogP contribution in [0, 0.1) is 0 Å². The first-order valence-electron chi connectivity index (χ1n) is 4.97. The molecule has 0 amide bonds. The van der Waals surface area contributed by atoms with E-state index >= 15 is 0 Å². The lowest BCUT2D eigenvalue weighted by Gasteiger charge is -2.23. The SMILES string of the molecule is CCCC(C)(C)Pc1ccccc1. The lowest BCUT2D eigenvalue weighted by Crippen LogP contribution is -2.16. The highest BCUT2D eigenvalue weighted by Gasteiger charge is 2.16. The Morgan fingerprint density at radius 2 is 1.77 bits per heavy atom. The Morgan fingerprint density at radius 3 is 2.31 bits per heavy atom. The Morgan fingerprint density at radius 1 is 1.15 bits per heavy atom. The highest BCUT2D eigenvalue weighted by molar-refractivity contribution is 7.48. The van der Waals surface area contributed by atoms with E-state index < -0.39 is 0 Å². The molecule has 0 saturated carbocycles. The molecule has 1 heteroatoms. The van der Waals surface area contributed by atoms with Crippen LogP contribution in [0.1, 0.15) is 33.6 Å². The molecule has 0 aromatic heterocycles. The van der Waals surface area contributed by atoms with E-state index in [2.05, 4.69) is 51.1 Å². The van der Waals surface area contributed by atoms with Crippen LogP contribution in [0.3, 0.4) is 0 Å². The summed E-state index contributed by atoms with van der Waals surface area (Å²) in [5, 5.41) is 1.97. The summed E-state index contributed by atoms with van der Waals surface area (Å²) in [4.78, 5) is 0. The first kappa shape index (κ1) is 10.7. The second-order valence-corrected chi connectivity index (χ2v) is 6.31. The van der Waals surface area contributed by atoms with Crippen LogP contribution in [0.2, 0.25) is 0 Å². The Labute approximate surface area is 83.5 Å². The normalized spacial score (nSPS) is 12.5. The van der Waals surface area contributed by atoms with Crippen molar-refractivity contribution in [1.82, 2.24) is 0 Å². The molecule has 0 aliphatic heterocycles. The van der Waals surface area contributed by atoms with Crippen molar-refractivity contribution in [2.24, 2.45) is 0 Å².